The number of para-hydroxylation sites is 1. The van der Waals surface area contributed by atoms with E-state index in [2.05, 4.69) is 5.32 Å². The molecule has 1 aliphatic heterocycles. The first-order valence-electron chi connectivity index (χ1n) is 11.4. The zero-order valence-electron chi connectivity index (χ0n) is 19.6. The quantitative estimate of drug-likeness (QED) is 0.483. The van der Waals surface area contributed by atoms with Gasteiger partial charge in [-0.2, -0.15) is 0 Å². The molecular formula is C26H28N2O6S. The molecule has 0 saturated carbocycles. The van der Waals surface area contributed by atoms with Gasteiger partial charge in [0.15, 0.2) is 18.1 Å². The highest BCUT2D eigenvalue weighted by molar-refractivity contribution is 7.92. The molecular weight excluding hydrogens is 468 g/mol. The molecule has 1 amide bonds. The Morgan fingerprint density at radius 1 is 1.00 bits per heavy atom. The van der Waals surface area contributed by atoms with Crippen molar-refractivity contribution in [2.45, 2.75) is 24.8 Å². The van der Waals surface area contributed by atoms with E-state index in [0.717, 1.165) is 5.56 Å². The van der Waals surface area contributed by atoms with E-state index in [4.69, 9.17) is 14.2 Å². The summed E-state index contributed by atoms with van der Waals surface area (Å²) in [5, 5.41) is 2.89. The van der Waals surface area contributed by atoms with Crippen LogP contribution in [0.2, 0.25) is 0 Å². The number of anilines is 1. The Bertz CT molecular complexity index is 1260. The predicted octanol–water partition coefficient (Wildman–Crippen LogP) is 3.93. The highest BCUT2D eigenvalue weighted by atomic mass is 32.2. The Morgan fingerprint density at radius 3 is 2.37 bits per heavy atom. The van der Waals surface area contributed by atoms with Gasteiger partial charge in [0.25, 0.3) is 15.9 Å². The van der Waals surface area contributed by atoms with E-state index in [1.807, 2.05) is 31.2 Å². The zero-order valence-corrected chi connectivity index (χ0v) is 20.5. The summed E-state index contributed by atoms with van der Waals surface area (Å²) < 4.78 is 44.2. The molecule has 9 heteroatoms. The maximum absolute atomic E-state index is 13.1. The number of nitrogens with one attached hydrogen (secondary N) is 1. The van der Waals surface area contributed by atoms with Crippen molar-refractivity contribution >= 4 is 21.6 Å². The van der Waals surface area contributed by atoms with Crippen LogP contribution in [0.3, 0.4) is 0 Å². The van der Waals surface area contributed by atoms with Crippen molar-refractivity contribution in [2.24, 2.45) is 0 Å². The summed E-state index contributed by atoms with van der Waals surface area (Å²) in [7, 11) is -3.73. The summed E-state index contributed by atoms with van der Waals surface area (Å²) in [6.07, 6.45) is 0. The number of rotatable bonds is 9. The first kappa shape index (κ1) is 24.4. The molecule has 35 heavy (non-hydrogen) atoms. The number of carbonyl (C=O) groups excluding carboxylic acids is 1. The average molecular weight is 497 g/mol. The molecule has 8 nitrogen and oxygen atoms in total. The molecule has 1 aliphatic rings. The zero-order chi connectivity index (χ0) is 24.8. The van der Waals surface area contributed by atoms with Gasteiger partial charge in [0.05, 0.1) is 16.6 Å². The van der Waals surface area contributed by atoms with Gasteiger partial charge in [-0.1, -0.05) is 24.3 Å². The van der Waals surface area contributed by atoms with Gasteiger partial charge in [-0.15, -0.1) is 0 Å². The first-order valence-corrected chi connectivity index (χ1v) is 12.8. The molecule has 0 unspecified atom stereocenters. The largest absolute Gasteiger partial charge is 0.486 e. The standard InChI is InChI=1S/C26H28N2O6S/c1-3-28(21-7-5-4-6-8-21)35(30,31)23-12-10-22(11-13-23)34-18-26(29)27-19(2)20-9-14-24-25(17-20)33-16-15-32-24/h4-14,17,19H,3,15-16,18H2,1-2H3,(H,27,29)/t19-/m0/s1. The van der Waals surface area contributed by atoms with Crippen LogP contribution in [0.25, 0.3) is 0 Å². The fourth-order valence-corrected chi connectivity index (χ4v) is 5.24. The number of ether oxygens (including phenoxy) is 3. The number of nitrogens with zero attached hydrogens (tertiary/aromatic N) is 1. The van der Waals surface area contributed by atoms with Gasteiger partial charge in [-0.05, 0) is 67.9 Å². The number of hydrogen-bond acceptors (Lipinski definition) is 6. The maximum atomic E-state index is 13.1. The van der Waals surface area contributed by atoms with E-state index >= 15 is 0 Å². The highest BCUT2D eigenvalue weighted by Crippen LogP contribution is 2.32. The normalized spacial score (nSPS) is 13.5. The second-order valence-electron chi connectivity index (χ2n) is 7.96. The summed E-state index contributed by atoms with van der Waals surface area (Å²) in [6.45, 7) is 4.76. The lowest BCUT2D eigenvalue weighted by molar-refractivity contribution is -0.123. The van der Waals surface area contributed by atoms with E-state index in [1.165, 1.54) is 16.4 Å². The van der Waals surface area contributed by atoms with E-state index in [1.54, 1.807) is 43.3 Å². The van der Waals surface area contributed by atoms with Crippen molar-refractivity contribution < 1.29 is 27.4 Å². The average Bonchev–Trinajstić information content (AvgIpc) is 2.88. The van der Waals surface area contributed by atoms with Crippen LogP contribution < -0.4 is 23.8 Å². The molecule has 0 fully saturated rings. The van der Waals surface area contributed by atoms with Crippen LogP contribution in [0.5, 0.6) is 17.2 Å². The van der Waals surface area contributed by atoms with Crippen molar-refractivity contribution in [1.82, 2.24) is 5.32 Å². The topological polar surface area (TPSA) is 94.2 Å². The van der Waals surface area contributed by atoms with E-state index in [9.17, 15) is 13.2 Å². The van der Waals surface area contributed by atoms with E-state index in [0.29, 0.717) is 42.7 Å². The van der Waals surface area contributed by atoms with Crippen molar-refractivity contribution in [2.75, 3.05) is 30.7 Å². The van der Waals surface area contributed by atoms with Crippen LogP contribution in [0.4, 0.5) is 5.69 Å². The Balaban J connectivity index is 1.34. The minimum Gasteiger partial charge on any atom is -0.486 e. The predicted molar refractivity (Wildman–Crippen MR) is 133 cm³/mol. The van der Waals surface area contributed by atoms with E-state index in [-0.39, 0.29) is 23.5 Å². The number of fused-ring (bicyclic) bond motifs is 1. The van der Waals surface area contributed by atoms with Gasteiger partial charge in [0.2, 0.25) is 0 Å². The Morgan fingerprint density at radius 2 is 1.69 bits per heavy atom. The number of amides is 1. The molecule has 3 aromatic carbocycles. The molecule has 0 saturated heterocycles. The van der Waals surface area contributed by atoms with Gasteiger partial charge in [-0.25, -0.2) is 8.42 Å². The van der Waals surface area contributed by atoms with Gasteiger partial charge in [0, 0.05) is 6.54 Å². The molecule has 0 radical (unpaired) electrons. The highest BCUT2D eigenvalue weighted by Gasteiger charge is 2.23. The second-order valence-corrected chi connectivity index (χ2v) is 9.82. The fourth-order valence-electron chi connectivity index (χ4n) is 3.77. The summed E-state index contributed by atoms with van der Waals surface area (Å²) in [5.41, 5.74) is 1.48. The fraction of sp³-hybridized carbons (Fsp3) is 0.269. The summed E-state index contributed by atoms with van der Waals surface area (Å²) in [5.74, 6) is 1.45. The van der Waals surface area contributed by atoms with Crippen molar-refractivity contribution in [3.8, 4) is 17.2 Å². The number of hydrogen-bond donors (Lipinski definition) is 1. The Labute approximate surface area is 205 Å². The minimum absolute atomic E-state index is 0.146. The third-order valence-corrected chi connectivity index (χ3v) is 7.47. The van der Waals surface area contributed by atoms with Crippen molar-refractivity contribution in [3.05, 3.63) is 78.4 Å². The molecule has 0 spiro atoms. The van der Waals surface area contributed by atoms with Crippen LogP contribution in [0, 0.1) is 0 Å². The molecule has 1 heterocycles. The van der Waals surface area contributed by atoms with Gasteiger partial charge in [0.1, 0.15) is 19.0 Å². The van der Waals surface area contributed by atoms with Crippen molar-refractivity contribution in [1.29, 1.82) is 0 Å². The molecule has 0 bridgehead atoms. The summed E-state index contributed by atoms with van der Waals surface area (Å²) in [4.78, 5) is 12.6. The first-order chi connectivity index (χ1) is 16.9. The van der Waals surface area contributed by atoms with Crippen LogP contribution in [0.1, 0.15) is 25.5 Å². The number of benzene rings is 3. The molecule has 4 rings (SSSR count). The maximum Gasteiger partial charge on any atom is 0.264 e. The molecule has 0 aromatic heterocycles. The van der Waals surface area contributed by atoms with Crippen molar-refractivity contribution in [3.63, 3.8) is 0 Å². The lowest BCUT2D eigenvalue weighted by atomic mass is 10.1. The molecule has 1 atom stereocenters. The number of carbonyl (C=O) groups is 1. The van der Waals surface area contributed by atoms with Gasteiger partial charge >= 0.3 is 0 Å². The Hall–Kier alpha value is -3.72. The van der Waals surface area contributed by atoms with Crippen LogP contribution in [0.15, 0.2) is 77.7 Å². The van der Waals surface area contributed by atoms with Crippen LogP contribution in [-0.2, 0) is 14.8 Å². The lowest BCUT2D eigenvalue weighted by Gasteiger charge is -2.23. The number of sulfonamides is 1. The van der Waals surface area contributed by atoms with Gasteiger partial charge in [-0.3, -0.25) is 9.10 Å². The minimum atomic E-state index is -3.73. The smallest absolute Gasteiger partial charge is 0.264 e. The van der Waals surface area contributed by atoms with Crippen LogP contribution in [-0.4, -0.2) is 40.7 Å². The molecule has 0 aliphatic carbocycles. The summed E-state index contributed by atoms with van der Waals surface area (Å²) in [6, 6.07) is 20.3. The third kappa shape index (κ3) is 5.68. The SMILES string of the molecule is CCN(c1ccccc1)S(=O)(=O)c1ccc(OCC(=O)N[C@@H](C)c2ccc3c(c2)OCCO3)cc1. The summed E-state index contributed by atoms with van der Waals surface area (Å²) >= 11 is 0. The second kappa shape index (κ2) is 10.7. The third-order valence-electron chi connectivity index (χ3n) is 5.56. The Kier molecular flexibility index (Phi) is 7.45. The molecule has 184 valence electrons. The van der Waals surface area contributed by atoms with E-state index < -0.39 is 10.0 Å². The molecule has 3 aromatic rings. The monoisotopic (exact) mass is 496 g/mol. The molecule has 1 N–H and O–H groups in total. The van der Waals surface area contributed by atoms with Crippen LogP contribution >= 0.6 is 0 Å². The lowest BCUT2D eigenvalue weighted by Crippen LogP contribution is -2.31. The van der Waals surface area contributed by atoms with Gasteiger partial charge < -0.3 is 19.5 Å².